The van der Waals surface area contributed by atoms with Crippen LogP contribution in [0, 0.1) is 5.39 Å². The molecule has 1 fully saturated rings. The van der Waals surface area contributed by atoms with Crippen LogP contribution in [0.4, 0.5) is 0 Å². The number of rotatable bonds is 7. The number of carbonyl (C=O) groups is 1. The third-order valence-corrected chi connectivity index (χ3v) is 3.58. The number of hydrogen-bond acceptors (Lipinski definition) is 7. The van der Waals surface area contributed by atoms with Crippen molar-refractivity contribution < 1.29 is 23.9 Å². The summed E-state index contributed by atoms with van der Waals surface area (Å²) in [6.45, 7) is 1.36. The zero-order valence-corrected chi connectivity index (χ0v) is 12.2. The van der Waals surface area contributed by atoms with Gasteiger partial charge in [-0.1, -0.05) is 0 Å². The fourth-order valence-corrected chi connectivity index (χ4v) is 2.53. The molecule has 0 spiro atoms. The Morgan fingerprint density at radius 1 is 1.70 bits per heavy atom. The molecule has 0 radical (unpaired) electrons. The molecule has 0 aromatic rings. The summed E-state index contributed by atoms with van der Waals surface area (Å²) in [6.07, 6.45) is 0.320. The van der Waals surface area contributed by atoms with E-state index in [9.17, 15) is 19.4 Å². The van der Waals surface area contributed by atoms with Crippen LogP contribution in [0.5, 0.6) is 0 Å². The third kappa shape index (κ3) is 5.84. The lowest BCUT2D eigenvalue weighted by Gasteiger charge is -2.27. The van der Waals surface area contributed by atoms with Crippen molar-refractivity contribution >= 4 is 13.5 Å². The molecule has 0 aliphatic carbocycles. The lowest BCUT2D eigenvalue weighted by Crippen LogP contribution is -2.38. The van der Waals surface area contributed by atoms with E-state index in [4.69, 9.17) is 9.92 Å². The van der Waals surface area contributed by atoms with Crippen molar-refractivity contribution in [3.63, 3.8) is 0 Å². The van der Waals surface area contributed by atoms with Crippen LogP contribution in [0.1, 0.15) is 19.3 Å². The molecule has 9 nitrogen and oxygen atoms in total. The number of nitrogens with zero attached hydrogens (tertiary/aromatic N) is 3. The fourth-order valence-electron chi connectivity index (χ4n) is 2.09. The van der Waals surface area contributed by atoms with E-state index in [1.807, 2.05) is 0 Å². The van der Waals surface area contributed by atoms with E-state index in [0.717, 1.165) is 6.66 Å². The van der Waals surface area contributed by atoms with Crippen molar-refractivity contribution in [3.8, 4) is 0 Å². The van der Waals surface area contributed by atoms with E-state index in [0.29, 0.717) is 19.4 Å². The van der Waals surface area contributed by atoms with Crippen LogP contribution >= 0.6 is 7.60 Å². The van der Waals surface area contributed by atoms with E-state index in [-0.39, 0.29) is 25.5 Å². The molecule has 0 saturated carbocycles. The molecule has 1 heterocycles. The molecule has 0 aromatic heterocycles. The minimum absolute atomic E-state index is 0.135. The van der Waals surface area contributed by atoms with Gasteiger partial charge in [-0.05, 0) is 18.3 Å². The normalized spacial score (nSPS) is 25.0. The molecule has 1 aliphatic rings. The van der Waals surface area contributed by atoms with Crippen molar-refractivity contribution in [1.82, 2.24) is 10.3 Å². The Bertz CT molecular complexity index is 420. The molecule has 114 valence electrons. The minimum Gasteiger partial charge on any atom is -0.779 e. The van der Waals surface area contributed by atoms with Gasteiger partial charge in [-0.25, -0.2) is 0 Å². The topological polar surface area (TPSA) is 130 Å². The van der Waals surface area contributed by atoms with Crippen LogP contribution in [0.15, 0.2) is 0 Å². The van der Waals surface area contributed by atoms with Gasteiger partial charge in [0.05, 0.1) is 25.3 Å². The van der Waals surface area contributed by atoms with Crippen molar-refractivity contribution in [2.75, 3.05) is 26.4 Å². The average molecular weight is 306 g/mol. The number of aliphatic hydroxyl groups excluding tert-OH is 1. The van der Waals surface area contributed by atoms with E-state index in [2.05, 4.69) is 10.5 Å². The van der Waals surface area contributed by atoms with Crippen LogP contribution in [0.3, 0.4) is 0 Å². The first-order chi connectivity index (χ1) is 9.33. The van der Waals surface area contributed by atoms with Gasteiger partial charge in [0.25, 0.3) is 5.39 Å². The second kappa shape index (κ2) is 7.55. The van der Waals surface area contributed by atoms with Crippen molar-refractivity contribution in [2.24, 2.45) is 0 Å². The van der Waals surface area contributed by atoms with E-state index in [1.54, 1.807) is 0 Å². The van der Waals surface area contributed by atoms with Gasteiger partial charge in [-0.15, -0.1) is 0 Å². The first kappa shape index (κ1) is 16.9. The SMILES string of the molecule is CP(=O)([O-])OCC1CC(O)CN1C(=O)CCCN[N+]#N. The number of hydrogen-bond donors (Lipinski definition) is 2. The Morgan fingerprint density at radius 2 is 2.40 bits per heavy atom. The zero-order valence-electron chi connectivity index (χ0n) is 11.3. The highest BCUT2D eigenvalue weighted by Gasteiger charge is 2.34. The van der Waals surface area contributed by atoms with Crippen LogP contribution in [-0.4, -0.2) is 54.4 Å². The Labute approximate surface area is 117 Å². The molecule has 3 unspecified atom stereocenters. The highest BCUT2D eigenvalue weighted by atomic mass is 31.2. The number of aliphatic hydroxyl groups is 1. The van der Waals surface area contributed by atoms with Crippen molar-refractivity contribution in [1.29, 1.82) is 5.39 Å². The average Bonchev–Trinajstić information content (AvgIpc) is 2.72. The number of β-amino-alcohol motifs (C(OH)–C–C–N with tert-alkyl or cyclic N) is 1. The summed E-state index contributed by atoms with van der Waals surface area (Å²) in [5, 5.41) is 20.5. The molecule has 0 bridgehead atoms. The maximum absolute atomic E-state index is 12.0. The quantitative estimate of drug-likeness (QED) is 0.275. The highest BCUT2D eigenvalue weighted by Crippen LogP contribution is 2.33. The number of likely N-dealkylation sites (tertiary alicyclic amines) is 1. The summed E-state index contributed by atoms with van der Waals surface area (Å²) in [4.78, 5) is 24.4. The van der Waals surface area contributed by atoms with Gasteiger partial charge in [-0.2, -0.15) is 0 Å². The van der Waals surface area contributed by atoms with E-state index in [1.165, 1.54) is 4.90 Å². The second-order valence-corrected chi connectivity index (χ2v) is 6.57. The Balaban J connectivity index is 2.46. The molecule has 20 heavy (non-hydrogen) atoms. The first-order valence-corrected chi connectivity index (χ1v) is 8.30. The van der Waals surface area contributed by atoms with Gasteiger partial charge in [0.2, 0.25) is 5.91 Å². The van der Waals surface area contributed by atoms with E-state index < -0.39 is 19.7 Å². The van der Waals surface area contributed by atoms with Crippen LogP contribution in [-0.2, 0) is 13.9 Å². The van der Waals surface area contributed by atoms with Gasteiger partial charge in [0.1, 0.15) is 7.60 Å². The van der Waals surface area contributed by atoms with Crippen LogP contribution < -0.4 is 10.3 Å². The van der Waals surface area contributed by atoms with Crippen LogP contribution in [0.2, 0.25) is 0 Å². The summed E-state index contributed by atoms with van der Waals surface area (Å²) < 4.78 is 15.7. The van der Waals surface area contributed by atoms with Gasteiger partial charge in [0, 0.05) is 19.6 Å². The summed E-state index contributed by atoms with van der Waals surface area (Å²) in [5.74, 6) is -0.188. The molecule has 1 rings (SSSR count). The van der Waals surface area contributed by atoms with Gasteiger partial charge < -0.3 is 24.0 Å². The molecule has 1 saturated heterocycles. The molecule has 0 aromatic carbocycles. The fraction of sp³-hybridized carbons (Fsp3) is 0.900. The van der Waals surface area contributed by atoms with Crippen molar-refractivity contribution in [3.05, 3.63) is 5.08 Å². The number of carbonyl (C=O) groups excluding carboxylic acids is 1. The first-order valence-electron chi connectivity index (χ1n) is 6.31. The predicted octanol–water partition coefficient (Wildman–Crippen LogP) is -0.714. The largest absolute Gasteiger partial charge is 0.779 e. The monoisotopic (exact) mass is 306 g/mol. The summed E-state index contributed by atoms with van der Waals surface area (Å²) in [6, 6.07) is -0.435. The molecule has 2 N–H and O–H groups in total. The van der Waals surface area contributed by atoms with Gasteiger partial charge in [-0.3, -0.25) is 4.79 Å². The smallest absolute Gasteiger partial charge is 0.302 e. The number of diazo groups is 1. The Morgan fingerprint density at radius 3 is 3.00 bits per heavy atom. The van der Waals surface area contributed by atoms with E-state index >= 15 is 0 Å². The molecule has 10 heteroatoms. The summed E-state index contributed by atoms with van der Waals surface area (Å²) in [5.41, 5.74) is 2.32. The maximum atomic E-state index is 12.0. The van der Waals surface area contributed by atoms with Gasteiger partial charge in [0.15, 0.2) is 0 Å². The Hall–Kier alpha value is -1.20. The van der Waals surface area contributed by atoms with Gasteiger partial charge >= 0.3 is 5.08 Å². The number of nitrogens with one attached hydrogen (secondary N) is 1. The van der Waals surface area contributed by atoms with Crippen LogP contribution in [0.25, 0.3) is 5.08 Å². The Kier molecular flexibility index (Phi) is 6.36. The second-order valence-electron chi connectivity index (χ2n) is 4.77. The summed E-state index contributed by atoms with van der Waals surface area (Å²) in [7, 11) is -3.84. The number of amides is 1. The highest BCUT2D eigenvalue weighted by molar-refractivity contribution is 7.50. The summed E-state index contributed by atoms with van der Waals surface area (Å²) >= 11 is 0. The predicted molar refractivity (Wildman–Crippen MR) is 67.9 cm³/mol. The molecule has 1 amide bonds. The minimum atomic E-state index is -3.84. The molecule has 3 atom stereocenters. The lowest BCUT2D eigenvalue weighted by molar-refractivity contribution is -0.197. The zero-order chi connectivity index (χ0) is 15.2. The molecular formula is C10H19N4O5P. The molecular weight excluding hydrogens is 287 g/mol. The standard InChI is InChI=1S/C10H19N4O5P/c1-20(17,18)19-7-8-5-9(15)6-14(8)10(16)3-2-4-12-13-11/h8-9,12,15H,2-7H2,1H3. The maximum Gasteiger partial charge on any atom is 0.302 e. The lowest BCUT2D eigenvalue weighted by atomic mass is 10.2. The van der Waals surface area contributed by atoms with Crippen molar-refractivity contribution in [2.45, 2.75) is 31.4 Å². The third-order valence-electron chi connectivity index (χ3n) is 2.96. The molecule has 1 aliphatic heterocycles.